The molecule has 0 radical (unpaired) electrons. The van der Waals surface area contributed by atoms with Gasteiger partial charge in [-0.25, -0.2) is 0 Å². The van der Waals surface area contributed by atoms with Crippen molar-refractivity contribution in [2.45, 2.75) is 48.4 Å². The minimum absolute atomic E-state index is 0.00845. The van der Waals surface area contributed by atoms with Gasteiger partial charge in [-0.1, -0.05) is 17.8 Å². The molecule has 0 saturated heterocycles. The number of thioether (sulfide) groups is 1. The summed E-state index contributed by atoms with van der Waals surface area (Å²) in [5.41, 5.74) is 1.64. The lowest BCUT2D eigenvalue weighted by atomic mass is 10.1. The fraction of sp³-hybridized carbons (Fsp3) is 0.333. The monoisotopic (exact) mass is 437 g/mol. The molecule has 2 aromatic heterocycles. The van der Waals surface area contributed by atoms with Crippen LogP contribution in [0.4, 0.5) is 5.69 Å². The Morgan fingerprint density at radius 2 is 2.17 bits per heavy atom. The van der Waals surface area contributed by atoms with Crippen molar-refractivity contribution in [1.82, 2.24) is 15.5 Å². The Hall–Kier alpha value is -2.83. The summed E-state index contributed by atoms with van der Waals surface area (Å²) >= 11 is 3.53. The molecule has 1 fully saturated rings. The fourth-order valence-electron chi connectivity index (χ4n) is 3.37. The molecular weight excluding hydrogens is 418 g/mol. The Morgan fingerprint density at radius 1 is 1.33 bits per heavy atom. The lowest BCUT2D eigenvalue weighted by Gasteiger charge is -2.07. The second-order valence-corrected chi connectivity index (χ2v) is 10.1. The van der Waals surface area contributed by atoms with E-state index in [1.54, 1.807) is 23.1 Å². The SMILES string of the molecule is Cc1ccc(-c2ccc3c(c2)SC(Cc2nnc(CC(=O)NC4(C#N)CC4)o2)N3)s1. The Labute approximate surface area is 181 Å². The van der Waals surface area contributed by atoms with E-state index in [4.69, 9.17) is 9.68 Å². The zero-order valence-corrected chi connectivity index (χ0v) is 17.9. The van der Waals surface area contributed by atoms with Crippen LogP contribution in [0.25, 0.3) is 10.4 Å². The maximum atomic E-state index is 12.1. The minimum Gasteiger partial charge on any atom is -0.425 e. The largest absolute Gasteiger partial charge is 0.425 e. The second kappa shape index (κ2) is 7.45. The van der Waals surface area contributed by atoms with Gasteiger partial charge in [0, 0.05) is 20.3 Å². The third kappa shape index (κ3) is 3.93. The number of nitrogens with zero attached hydrogens (tertiary/aromatic N) is 3. The summed E-state index contributed by atoms with van der Waals surface area (Å²) in [6.07, 6.45) is 1.95. The first-order chi connectivity index (χ1) is 14.5. The molecule has 1 aliphatic carbocycles. The number of carbonyl (C=O) groups excluding carboxylic acids is 1. The third-order valence-corrected chi connectivity index (χ3v) is 7.33. The van der Waals surface area contributed by atoms with Crippen LogP contribution in [0.15, 0.2) is 39.6 Å². The number of anilines is 1. The fourth-order valence-corrected chi connectivity index (χ4v) is 5.40. The van der Waals surface area contributed by atoms with Gasteiger partial charge in [0.1, 0.15) is 12.0 Å². The van der Waals surface area contributed by atoms with Crippen molar-refractivity contribution in [3.8, 4) is 16.5 Å². The highest BCUT2D eigenvalue weighted by atomic mass is 32.2. The first-order valence-electron chi connectivity index (χ1n) is 9.69. The molecule has 152 valence electrons. The van der Waals surface area contributed by atoms with E-state index in [1.807, 2.05) is 0 Å². The molecule has 3 heterocycles. The maximum absolute atomic E-state index is 12.1. The summed E-state index contributed by atoms with van der Waals surface area (Å²) in [6, 6.07) is 12.9. The number of amides is 1. The highest BCUT2D eigenvalue weighted by molar-refractivity contribution is 8.00. The number of nitriles is 1. The normalized spacial score (nSPS) is 18.3. The molecule has 0 bridgehead atoms. The lowest BCUT2D eigenvalue weighted by molar-refractivity contribution is -0.121. The van der Waals surface area contributed by atoms with Gasteiger partial charge in [-0.2, -0.15) is 5.26 Å². The first-order valence-corrected chi connectivity index (χ1v) is 11.4. The summed E-state index contributed by atoms with van der Waals surface area (Å²) in [5.74, 6) is 0.500. The number of benzene rings is 1. The molecule has 1 saturated carbocycles. The molecule has 1 aliphatic heterocycles. The van der Waals surface area contributed by atoms with Gasteiger partial charge in [-0.3, -0.25) is 4.79 Å². The lowest BCUT2D eigenvalue weighted by Crippen LogP contribution is -2.36. The minimum atomic E-state index is -0.684. The summed E-state index contributed by atoms with van der Waals surface area (Å²) in [7, 11) is 0. The van der Waals surface area contributed by atoms with Gasteiger partial charge >= 0.3 is 0 Å². The van der Waals surface area contributed by atoms with Crippen LogP contribution in [0.5, 0.6) is 0 Å². The molecule has 5 rings (SSSR count). The molecule has 7 nitrogen and oxygen atoms in total. The molecule has 9 heteroatoms. The number of carbonyl (C=O) groups is 1. The zero-order chi connectivity index (χ0) is 20.7. The first kappa shape index (κ1) is 19.2. The number of hydrogen-bond acceptors (Lipinski definition) is 8. The van der Waals surface area contributed by atoms with E-state index >= 15 is 0 Å². The van der Waals surface area contributed by atoms with Gasteiger partial charge in [-0.05, 0) is 49.6 Å². The van der Waals surface area contributed by atoms with Crippen molar-refractivity contribution in [1.29, 1.82) is 5.26 Å². The van der Waals surface area contributed by atoms with E-state index in [0.29, 0.717) is 25.2 Å². The van der Waals surface area contributed by atoms with Crippen molar-refractivity contribution in [2.24, 2.45) is 0 Å². The smallest absolute Gasteiger partial charge is 0.230 e. The van der Waals surface area contributed by atoms with Crippen molar-refractivity contribution >= 4 is 34.7 Å². The molecule has 0 spiro atoms. The van der Waals surface area contributed by atoms with Crippen molar-refractivity contribution in [3.05, 3.63) is 47.0 Å². The van der Waals surface area contributed by atoms with Crippen molar-refractivity contribution in [2.75, 3.05) is 5.32 Å². The zero-order valence-electron chi connectivity index (χ0n) is 16.3. The van der Waals surface area contributed by atoms with Gasteiger partial charge < -0.3 is 15.1 Å². The van der Waals surface area contributed by atoms with E-state index < -0.39 is 5.54 Å². The van der Waals surface area contributed by atoms with Crippen LogP contribution in [-0.2, 0) is 17.6 Å². The Bertz CT molecular complexity index is 1160. The summed E-state index contributed by atoms with van der Waals surface area (Å²) in [6.45, 7) is 2.11. The standard InChI is InChI=1S/C21H19N5O2S2/c1-12-2-5-15(29-12)13-3-4-14-16(8-13)30-20(23-14)10-19-26-25-18(28-19)9-17(27)24-21(11-22)6-7-21/h2-5,8,20,23H,6-7,9-10H2,1H3,(H,24,27). The van der Waals surface area contributed by atoms with E-state index in [-0.39, 0.29) is 23.6 Å². The van der Waals surface area contributed by atoms with Gasteiger partial charge in [0.2, 0.25) is 17.7 Å². The van der Waals surface area contributed by atoms with E-state index in [0.717, 1.165) is 5.69 Å². The predicted octanol–water partition coefficient (Wildman–Crippen LogP) is 3.91. The van der Waals surface area contributed by atoms with Crippen molar-refractivity contribution in [3.63, 3.8) is 0 Å². The van der Waals surface area contributed by atoms with Crippen LogP contribution in [0, 0.1) is 18.3 Å². The number of aromatic nitrogens is 2. The van der Waals surface area contributed by atoms with Crippen LogP contribution in [0.3, 0.4) is 0 Å². The number of fused-ring (bicyclic) bond motifs is 1. The summed E-state index contributed by atoms with van der Waals surface area (Å²) in [5, 5.41) is 23.5. The highest BCUT2D eigenvalue weighted by Gasteiger charge is 2.44. The molecule has 1 amide bonds. The molecule has 2 N–H and O–H groups in total. The number of aryl methyl sites for hydroxylation is 1. The average Bonchev–Trinajstić information content (AvgIpc) is 3.05. The summed E-state index contributed by atoms with van der Waals surface area (Å²) < 4.78 is 5.66. The molecule has 1 atom stereocenters. The maximum Gasteiger partial charge on any atom is 0.230 e. The highest BCUT2D eigenvalue weighted by Crippen LogP contribution is 2.42. The molecule has 2 aliphatic rings. The topological polar surface area (TPSA) is 104 Å². The van der Waals surface area contributed by atoms with Crippen LogP contribution in [0.2, 0.25) is 0 Å². The Morgan fingerprint density at radius 3 is 2.90 bits per heavy atom. The van der Waals surface area contributed by atoms with Crippen LogP contribution < -0.4 is 10.6 Å². The van der Waals surface area contributed by atoms with Crippen LogP contribution in [-0.4, -0.2) is 27.0 Å². The third-order valence-electron chi connectivity index (χ3n) is 5.12. The van der Waals surface area contributed by atoms with Gasteiger partial charge in [0.05, 0.1) is 17.9 Å². The number of nitrogens with one attached hydrogen (secondary N) is 2. The quantitative estimate of drug-likeness (QED) is 0.602. The van der Waals surface area contributed by atoms with E-state index in [9.17, 15) is 4.79 Å². The molecule has 1 aromatic carbocycles. The number of thiophene rings is 1. The summed E-state index contributed by atoms with van der Waals surface area (Å²) in [4.78, 5) is 15.8. The van der Waals surface area contributed by atoms with Gasteiger partial charge in [-0.15, -0.1) is 21.5 Å². The molecular formula is C21H19N5O2S2. The van der Waals surface area contributed by atoms with Crippen LogP contribution in [0.1, 0.15) is 29.5 Å². The van der Waals surface area contributed by atoms with Gasteiger partial charge in [0.15, 0.2) is 0 Å². The van der Waals surface area contributed by atoms with Crippen LogP contribution >= 0.6 is 23.1 Å². The average molecular weight is 438 g/mol. The second-order valence-electron chi connectivity index (χ2n) is 7.58. The number of rotatable bonds is 6. The Kier molecular flexibility index (Phi) is 4.76. The van der Waals surface area contributed by atoms with Crippen molar-refractivity contribution < 1.29 is 9.21 Å². The Balaban J connectivity index is 1.20. The predicted molar refractivity (Wildman–Crippen MR) is 115 cm³/mol. The van der Waals surface area contributed by atoms with E-state index in [2.05, 4.69) is 64.2 Å². The number of hydrogen-bond donors (Lipinski definition) is 2. The molecule has 30 heavy (non-hydrogen) atoms. The van der Waals surface area contributed by atoms with Gasteiger partial charge in [0.25, 0.3) is 0 Å². The van der Waals surface area contributed by atoms with E-state index in [1.165, 1.54) is 20.2 Å². The molecule has 1 unspecified atom stereocenters. The molecule has 3 aromatic rings.